The van der Waals surface area contributed by atoms with Gasteiger partial charge in [-0.25, -0.2) is 4.79 Å². The lowest BCUT2D eigenvalue weighted by Crippen LogP contribution is -2.37. The number of aromatic nitrogens is 4. The molecule has 0 bridgehead atoms. The van der Waals surface area contributed by atoms with Crippen molar-refractivity contribution in [2.75, 3.05) is 6.54 Å². The van der Waals surface area contributed by atoms with Crippen LogP contribution in [0.3, 0.4) is 0 Å². The Labute approximate surface area is 114 Å². The van der Waals surface area contributed by atoms with E-state index in [4.69, 9.17) is 10.5 Å². The fourth-order valence-electron chi connectivity index (χ4n) is 2.48. The van der Waals surface area contributed by atoms with Gasteiger partial charge in [-0.3, -0.25) is 13.9 Å². The summed E-state index contributed by atoms with van der Waals surface area (Å²) < 4.78 is 8.03. The van der Waals surface area contributed by atoms with E-state index in [1.165, 1.54) is 11.6 Å². The molecule has 3 rings (SSSR count). The lowest BCUT2D eigenvalue weighted by Gasteiger charge is -2.33. The van der Waals surface area contributed by atoms with E-state index in [-0.39, 0.29) is 17.6 Å². The van der Waals surface area contributed by atoms with Crippen LogP contribution >= 0.6 is 0 Å². The summed E-state index contributed by atoms with van der Waals surface area (Å²) in [5.74, 6) is 0.501. The molecule has 1 saturated carbocycles. The first-order valence-electron chi connectivity index (χ1n) is 6.53. The van der Waals surface area contributed by atoms with Gasteiger partial charge >= 0.3 is 5.69 Å². The van der Waals surface area contributed by atoms with E-state index in [0.29, 0.717) is 18.1 Å². The van der Waals surface area contributed by atoms with Crippen LogP contribution in [0.25, 0.3) is 11.2 Å². The van der Waals surface area contributed by atoms with E-state index in [0.717, 1.165) is 17.4 Å². The third kappa shape index (κ3) is 1.83. The molecular weight excluding hydrogens is 262 g/mol. The molecule has 20 heavy (non-hydrogen) atoms. The molecular formula is C12H17N5O3. The number of nitrogens with one attached hydrogen (secondary N) is 1. The Morgan fingerprint density at radius 1 is 1.35 bits per heavy atom. The van der Waals surface area contributed by atoms with Crippen molar-refractivity contribution in [1.82, 2.24) is 19.1 Å². The van der Waals surface area contributed by atoms with E-state index in [9.17, 15) is 9.59 Å². The predicted octanol–water partition coefficient (Wildman–Crippen LogP) is -0.924. The molecule has 0 unspecified atom stereocenters. The number of nitrogens with zero attached hydrogens (tertiary/aromatic N) is 3. The lowest BCUT2D eigenvalue weighted by molar-refractivity contribution is 0.0615. The third-order valence-corrected chi connectivity index (χ3v) is 3.88. The van der Waals surface area contributed by atoms with E-state index < -0.39 is 11.2 Å². The maximum absolute atomic E-state index is 12.0. The molecule has 0 aromatic carbocycles. The molecule has 2 aromatic rings. The van der Waals surface area contributed by atoms with E-state index >= 15 is 0 Å². The van der Waals surface area contributed by atoms with Crippen LogP contribution in [-0.2, 0) is 14.1 Å². The zero-order valence-electron chi connectivity index (χ0n) is 11.4. The minimum absolute atomic E-state index is 0.0741. The number of hydrogen-bond donors (Lipinski definition) is 2. The van der Waals surface area contributed by atoms with Crippen molar-refractivity contribution in [2.45, 2.75) is 18.9 Å². The lowest BCUT2D eigenvalue weighted by atomic mass is 9.82. The molecule has 8 heteroatoms. The van der Waals surface area contributed by atoms with E-state index in [1.807, 2.05) is 0 Å². The molecule has 1 aliphatic carbocycles. The van der Waals surface area contributed by atoms with Gasteiger partial charge < -0.3 is 15.5 Å². The summed E-state index contributed by atoms with van der Waals surface area (Å²) in [7, 11) is 3.01. The van der Waals surface area contributed by atoms with Gasteiger partial charge in [0.1, 0.15) is 6.10 Å². The molecule has 2 heterocycles. The minimum atomic E-state index is -0.410. The van der Waals surface area contributed by atoms with Gasteiger partial charge in [-0.2, -0.15) is 4.98 Å². The molecule has 0 spiro atoms. The molecule has 1 aliphatic rings. The Morgan fingerprint density at radius 3 is 2.70 bits per heavy atom. The van der Waals surface area contributed by atoms with Crippen LogP contribution in [-0.4, -0.2) is 31.8 Å². The summed E-state index contributed by atoms with van der Waals surface area (Å²) in [6, 6.07) is 0.277. The molecule has 0 amide bonds. The van der Waals surface area contributed by atoms with Crippen LogP contribution in [0.2, 0.25) is 0 Å². The molecule has 0 aliphatic heterocycles. The van der Waals surface area contributed by atoms with Crippen molar-refractivity contribution in [3.63, 3.8) is 0 Å². The average molecular weight is 279 g/mol. The number of imidazole rings is 1. The minimum Gasteiger partial charge on any atom is -0.461 e. The number of ether oxygens (including phenoxy) is 1. The second-order valence-corrected chi connectivity index (χ2v) is 5.26. The summed E-state index contributed by atoms with van der Waals surface area (Å²) in [5, 5.41) is 0. The van der Waals surface area contributed by atoms with Crippen LogP contribution in [0.1, 0.15) is 12.8 Å². The standard InChI is InChI=1S/C12H17N5O3/c1-16-9-8(10(18)17(2)12(16)19)14-11(15-9)20-7-3-6(4-7)5-13/h6-7H,3-5,13H2,1-2H3,(H,14,15). The number of rotatable bonds is 3. The Bertz CT molecular complexity index is 766. The van der Waals surface area contributed by atoms with Crippen molar-refractivity contribution in [3.8, 4) is 6.01 Å². The van der Waals surface area contributed by atoms with Crippen LogP contribution in [0.4, 0.5) is 0 Å². The van der Waals surface area contributed by atoms with Gasteiger partial charge in [0.2, 0.25) is 0 Å². The van der Waals surface area contributed by atoms with Gasteiger partial charge in [0.05, 0.1) is 0 Å². The van der Waals surface area contributed by atoms with Gasteiger partial charge in [0.25, 0.3) is 11.6 Å². The largest absolute Gasteiger partial charge is 0.461 e. The van der Waals surface area contributed by atoms with Gasteiger partial charge in [-0.15, -0.1) is 0 Å². The summed E-state index contributed by atoms with van der Waals surface area (Å²) in [5.41, 5.74) is 5.33. The molecule has 0 saturated heterocycles. The van der Waals surface area contributed by atoms with Crippen LogP contribution < -0.4 is 21.7 Å². The Balaban J connectivity index is 1.95. The highest BCUT2D eigenvalue weighted by Gasteiger charge is 2.30. The van der Waals surface area contributed by atoms with Crippen LogP contribution in [0.15, 0.2) is 9.59 Å². The first kappa shape index (κ1) is 12.9. The predicted molar refractivity (Wildman–Crippen MR) is 72.8 cm³/mol. The molecule has 3 N–H and O–H groups in total. The summed E-state index contributed by atoms with van der Waals surface area (Å²) in [6.45, 7) is 0.662. The number of H-pyrrole nitrogens is 1. The Hall–Kier alpha value is -2.09. The van der Waals surface area contributed by atoms with Gasteiger partial charge in [-0.05, 0) is 25.3 Å². The molecule has 8 nitrogen and oxygen atoms in total. The number of fused-ring (bicyclic) bond motifs is 1. The normalized spacial score (nSPS) is 21.9. The van der Waals surface area contributed by atoms with Crippen molar-refractivity contribution in [2.24, 2.45) is 25.7 Å². The monoisotopic (exact) mass is 279 g/mol. The van der Waals surface area contributed by atoms with Crippen LogP contribution in [0.5, 0.6) is 6.01 Å². The number of nitrogens with two attached hydrogens (primary N) is 1. The topological polar surface area (TPSA) is 108 Å². The maximum Gasteiger partial charge on any atom is 0.332 e. The van der Waals surface area contributed by atoms with Gasteiger partial charge in [-0.1, -0.05) is 0 Å². The molecule has 0 atom stereocenters. The highest BCUT2D eigenvalue weighted by atomic mass is 16.5. The molecule has 108 valence electrons. The fourth-order valence-corrected chi connectivity index (χ4v) is 2.48. The number of aryl methyl sites for hydroxylation is 1. The SMILES string of the molecule is Cn1c(=O)c2[nH]c(OC3CC(CN)C3)nc2n(C)c1=O. The maximum atomic E-state index is 12.0. The third-order valence-electron chi connectivity index (χ3n) is 3.88. The molecule has 0 radical (unpaired) electrons. The van der Waals surface area contributed by atoms with Gasteiger partial charge in [0, 0.05) is 14.1 Å². The summed E-state index contributed by atoms with van der Waals surface area (Å²) in [4.78, 5) is 30.8. The zero-order chi connectivity index (χ0) is 14.4. The Kier molecular flexibility index (Phi) is 2.89. The highest BCUT2D eigenvalue weighted by molar-refractivity contribution is 5.70. The quantitative estimate of drug-likeness (QED) is 0.755. The fraction of sp³-hybridized carbons (Fsp3) is 0.583. The van der Waals surface area contributed by atoms with E-state index in [2.05, 4.69) is 9.97 Å². The van der Waals surface area contributed by atoms with Gasteiger partial charge in [0.15, 0.2) is 11.2 Å². The van der Waals surface area contributed by atoms with Crippen molar-refractivity contribution >= 4 is 11.2 Å². The smallest absolute Gasteiger partial charge is 0.332 e. The van der Waals surface area contributed by atoms with E-state index in [1.54, 1.807) is 7.05 Å². The second-order valence-electron chi connectivity index (χ2n) is 5.26. The number of hydrogen-bond acceptors (Lipinski definition) is 5. The number of aromatic amines is 1. The average Bonchev–Trinajstić information content (AvgIpc) is 2.81. The molecule has 2 aromatic heterocycles. The van der Waals surface area contributed by atoms with Crippen molar-refractivity contribution in [1.29, 1.82) is 0 Å². The van der Waals surface area contributed by atoms with Crippen molar-refractivity contribution in [3.05, 3.63) is 20.8 Å². The molecule has 1 fully saturated rings. The zero-order valence-corrected chi connectivity index (χ0v) is 11.4. The summed E-state index contributed by atoms with van der Waals surface area (Å²) in [6.07, 6.45) is 1.86. The summed E-state index contributed by atoms with van der Waals surface area (Å²) >= 11 is 0. The highest BCUT2D eigenvalue weighted by Crippen LogP contribution is 2.29. The first-order chi connectivity index (χ1) is 9.51. The van der Waals surface area contributed by atoms with Crippen LogP contribution in [0, 0.1) is 5.92 Å². The second kappa shape index (κ2) is 4.48. The Morgan fingerprint density at radius 2 is 2.05 bits per heavy atom. The van der Waals surface area contributed by atoms with Crippen molar-refractivity contribution < 1.29 is 4.74 Å². The first-order valence-corrected chi connectivity index (χ1v) is 6.53.